The fourth-order valence-electron chi connectivity index (χ4n) is 2.48. The highest BCUT2D eigenvalue weighted by atomic mass is 16.4. The van der Waals surface area contributed by atoms with Gasteiger partial charge in [0.1, 0.15) is 0 Å². The Kier molecular flexibility index (Phi) is 2.63. The first-order valence-corrected chi connectivity index (χ1v) is 6.28. The average molecular weight is 247 g/mol. The SMILES string of the molecule is NCC1(CNc2ccc3oc(=O)[nH]c3c2)CCC1. The van der Waals surface area contributed by atoms with Crippen LogP contribution >= 0.6 is 0 Å². The van der Waals surface area contributed by atoms with Crippen molar-refractivity contribution in [1.82, 2.24) is 4.98 Å². The number of hydrogen-bond donors (Lipinski definition) is 3. The molecule has 1 aromatic carbocycles. The van der Waals surface area contributed by atoms with Gasteiger partial charge in [-0.25, -0.2) is 4.79 Å². The number of H-pyrrole nitrogens is 1. The summed E-state index contributed by atoms with van der Waals surface area (Å²) in [6, 6.07) is 5.61. The molecule has 18 heavy (non-hydrogen) atoms. The van der Waals surface area contributed by atoms with Crippen LogP contribution in [0.1, 0.15) is 19.3 Å². The molecule has 1 fully saturated rings. The molecule has 3 rings (SSSR count). The van der Waals surface area contributed by atoms with Crippen molar-refractivity contribution in [1.29, 1.82) is 0 Å². The number of nitrogens with one attached hydrogen (secondary N) is 2. The molecular weight excluding hydrogens is 230 g/mol. The summed E-state index contributed by atoms with van der Waals surface area (Å²) >= 11 is 0. The largest absolute Gasteiger partial charge is 0.417 e. The Hall–Kier alpha value is -1.75. The molecule has 5 nitrogen and oxygen atoms in total. The first-order chi connectivity index (χ1) is 8.71. The Bertz CT molecular complexity index is 604. The Morgan fingerprint density at radius 1 is 1.44 bits per heavy atom. The minimum Gasteiger partial charge on any atom is -0.408 e. The summed E-state index contributed by atoms with van der Waals surface area (Å²) < 4.78 is 4.96. The van der Waals surface area contributed by atoms with Gasteiger partial charge in [-0.3, -0.25) is 4.98 Å². The summed E-state index contributed by atoms with van der Waals surface area (Å²) in [4.78, 5) is 13.7. The Labute approximate surface area is 104 Å². The summed E-state index contributed by atoms with van der Waals surface area (Å²) in [7, 11) is 0. The van der Waals surface area contributed by atoms with E-state index in [1.54, 1.807) is 6.07 Å². The molecule has 1 heterocycles. The molecule has 5 heteroatoms. The van der Waals surface area contributed by atoms with E-state index < -0.39 is 5.76 Å². The third-order valence-electron chi connectivity index (χ3n) is 3.93. The lowest BCUT2D eigenvalue weighted by atomic mass is 9.69. The molecular formula is C13H17N3O2. The summed E-state index contributed by atoms with van der Waals surface area (Å²) in [6.07, 6.45) is 3.66. The Morgan fingerprint density at radius 2 is 2.28 bits per heavy atom. The zero-order chi connectivity index (χ0) is 12.6. The van der Waals surface area contributed by atoms with Crippen molar-refractivity contribution in [3.8, 4) is 0 Å². The van der Waals surface area contributed by atoms with E-state index in [0.717, 1.165) is 24.3 Å². The molecule has 0 spiro atoms. The van der Waals surface area contributed by atoms with Crippen LogP contribution in [0.2, 0.25) is 0 Å². The van der Waals surface area contributed by atoms with Gasteiger partial charge >= 0.3 is 5.76 Å². The van der Waals surface area contributed by atoms with E-state index in [1.165, 1.54) is 19.3 Å². The van der Waals surface area contributed by atoms with E-state index in [9.17, 15) is 4.79 Å². The quantitative estimate of drug-likeness (QED) is 0.767. The highest BCUT2D eigenvalue weighted by Crippen LogP contribution is 2.39. The molecule has 0 atom stereocenters. The van der Waals surface area contributed by atoms with Crippen LogP contribution in [0.3, 0.4) is 0 Å². The number of aromatic amines is 1. The van der Waals surface area contributed by atoms with Gasteiger partial charge in [-0.1, -0.05) is 6.42 Å². The topological polar surface area (TPSA) is 84.0 Å². The minimum atomic E-state index is -0.417. The number of rotatable bonds is 4. The first kappa shape index (κ1) is 11.3. The van der Waals surface area contributed by atoms with Gasteiger partial charge in [0.15, 0.2) is 5.58 Å². The lowest BCUT2D eigenvalue weighted by molar-refractivity contribution is 0.163. The van der Waals surface area contributed by atoms with Crippen LogP contribution in [0.15, 0.2) is 27.4 Å². The van der Waals surface area contributed by atoms with Crippen molar-refractivity contribution in [2.24, 2.45) is 11.1 Å². The highest BCUT2D eigenvalue weighted by molar-refractivity contribution is 5.76. The van der Waals surface area contributed by atoms with Gasteiger partial charge in [-0.05, 0) is 43.0 Å². The van der Waals surface area contributed by atoms with Gasteiger partial charge in [0.2, 0.25) is 0 Å². The van der Waals surface area contributed by atoms with Crippen molar-refractivity contribution in [2.75, 3.05) is 18.4 Å². The average Bonchev–Trinajstić information content (AvgIpc) is 2.67. The molecule has 1 aliphatic rings. The molecule has 1 aliphatic carbocycles. The van der Waals surface area contributed by atoms with Gasteiger partial charge in [0.05, 0.1) is 5.52 Å². The molecule has 0 saturated heterocycles. The molecule has 0 unspecified atom stereocenters. The Morgan fingerprint density at radius 3 is 2.94 bits per heavy atom. The third kappa shape index (κ3) is 1.90. The van der Waals surface area contributed by atoms with Crippen molar-refractivity contribution in [2.45, 2.75) is 19.3 Å². The van der Waals surface area contributed by atoms with Crippen molar-refractivity contribution in [3.63, 3.8) is 0 Å². The number of aromatic nitrogens is 1. The molecule has 96 valence electrons. The lowest BCUT2D eigenvalue weighted by Crippen LogP contribution is -2.42. The smallest absolute Gasteiger partial charge is 0.408 e. The number of nitrogens with two attached hydrogens (primary N) is 1. The van der Waals surface area contributed by atoms with E-state index in [4.69, 9.17) is 10.2 Å². The number of oxazole rings is 1. The first-order valence-electron chi connectivity index (χ1n) is 6.28. The second-order valence-corrected chi connectivity index (χ2v) is 5.14. The zero-order valence-electron chi connectivity index (χ0n) is 10.2. The van der Waals surface area contributed by atoms with Crippen molar-refractivity contribution < 1.29 is 4.42 Å². The maximum absolute atomic E-state index is 11.1. The number of fused-ring (bicyclic) bond motifs is 1. The minimum absolute atomic E-state index is 0.263. The molecule has 2 aromatic rings. The molecule has 0 aliphatic heterocycles. The summed E-state index contributed by atoms with van der Waals surface area (Å²) in [6.45, 7) is 1.61. The van der Waals surface area contributed by atoms with Gasteiger partial charge in [-0.2, -0.15) is 0 Å². The number of anilines is 1. The predicted octanol–water partition coefficient (Wildman–Crippen LogP) is 1.66. The second kappa shape index (κ2) is 4.17. The summed E-state index contributed by atoms with van der Waals surface area (Å²) in [5, 5.41) is 3.40. The van der Waals surface area contributed by atoms with Crippen LogP contribution < -0.4 is 16.8 Å². The van der Waals surface area contributed by atoms with Crippen LogP contribution in [-0.2, 0) is 0 Å². The molecule has 0 radical (unpaired) electrons. The number of benzene rings is 1. The molecule has 1 saturated carbocycles. The maximum Gasteiger partial charge on any atom is 0.417 e. The van der Waals surface area contributed by atoms with E-state index in [2.05, 4.69) is 10.3 Å². The second-order valence-electron chi connectivity index (χ2n) is 5.14. The van der Waals surface area contributed by atoms with Crippen molar-refractivity contribution in [3.05, 3.63) is 28.7 Å². The molecule has 4 N–H and O–H groups in total. The van der Waals surface area contributed by atoms with E-state index >= 15 is 0 Å². The third-order valence-corrected chi connectivity index (χ3v) is 3.93. The maximum atomic E-state index is 11.1. The van der Waals surface area contributed by atoms with Crippen LogP contribution in [0.4, 0.5) is 5.69 Å². The highest BCUT2D eigenvalue weighted by Gasteiger charge is 2.35. The van der Waals surface area contributed by atoms with Gasteiger partial charge in [0, 0.05) is 12.2 Å². The standard InChI is InChI=1S/C13H17N3O2/c14-7-13(4-1-5-13)8-15-9-2-3-11-10(6-9)16-12(17)18-11/h2-3,6,15H,1,4-5,7-8,14H2,(H,16,17). The lowest BCUT2D eigenvalue weighted by Gasteiger charge is -2.41. The van der Waals surface area contributed by atoms with Gasteiger partial charge in [-0.15, -0.1) is 0 Å². The molecule has 0 bridgehead atoms. The number of hydrogen-bond acceptors (Lipinski definition) is 4. The zero-order valence-corrected chi connectivity index (χ0v) is 10.2. The van der Waals surface area contributed by atoms with Crippen LogP contribution in [0.5, 0.6) is 0 Å². The van der Waals surface area contributed by atoms with Crippen LogP contribution in [0, 0.1) is 5.41 Å². The Balaban J connectivity index is 1.76. The summed E-state index contributed by atoms with van der Waals surface area (Å²) in [5.74, 6) is -0.417. The van der Waals surface area contributed by atoms with E-state index in [0.29, 0.717) is 5.58 Å². The summed E-state index contributed by atoms with van der Waals surface area (Å²) in [5.41, 5.74) is 8.38. The fraction of sp³-hybridized carbons (Fsp3) is 0.462. The predicted molar refractivity (Wildman–Crippen MR) is 70.7 cm³/mol. The van der Waals surface area contributed by atoms with Crippen LogP contribution in [-0.4, -0.2) is 18.1 Å². The van der Waals surface area contributed by atoms with Gasteiger partial charge in [0.25, 0.3) is 0 Å². The molecule has 0 amide bonds. The van der Waals surface area contributed by atoms with Crippen molar-refractivity contribution >= 4 is 16.8 Å². The normalized spacial score (nSPS) is 17.6. The van der Waals surface area contributed by atoms with Gasteiger partial charge < -0.3 is 15.5 Å². The monoisotopic (exact) mass is 247 g/mol. The molecule has 1 aromatic heterocycles. The fourth-order valence-corrected chi connectivity index (χ4v) is 2.48. The van der Waals surface area contributed by atoms with Crippen LogP contribution in [0.25, 0.3) is 11.1 Å². The van der Waals surface area contributed by atoms with E-state index in [-0.39, 0.29) is 5.41 Å². The van der Waals surface area contributed by atoms with E-state index in [1.807, 2.05) is 12.1 Å².